The maximum Gasteiger partial charge on any atom is 0.227 e. The number of aromatic nitrogens is 3. The molecule has 2 aromatic heterocycles. The highest BCUT2D eigenvalue weighted by Crippen LogP contribution is 2.38. The number of nitrogens with two attached hydrogens (primary N) is 1. The molecule has 10 nitrogen and oxygen atoms in total. The first-order chi connectivity index (χ1) is 17.2. The van der Waals surface area contributed by atoms with Gasteiger partial charge in [0.05, 0.1) is 25.5 Å². The topological polar surface area (TPSA) is 124 Å². The molecule has 0 atom stereocenters. The SMILES string of the molecule is CCCS(=O)(=O)N1CCC(CN(C)c2nc(N)c3cc(OC)c(OC)cc3n2)(c2ccccn2)CC1. The molecule has 4 rings (SSSR count). The van der Waals surface area contributed by atoms with Crippen molar-refractivity contribution in [2.75, 3.05) is 57.3 Å². The van der Waals surface area contributed by atoms with Crippen molar-refractivity contribution in [3.8, 4) is 11.5 Å². The van der Waals surface area contributed by atoms with Gasteiger partial charge >= 0.3 is 0 Å². The summed E-state index contributed by atoms with van der Waals surface area (Å²) in [6.45, 7) is 3.34. The van der Waals surface area contributed by atoms with Gasteiger partial charge in [-0.15, -0.1) is 0 Å². The van der Waals surface area contributed by atoms with Gasteiger partial charge in [0.1, 0.15) is 5.82 Å². The summed E-state index contributed by atoms with van der Waals surface area (Å²) >= 11 is 0. The molecule has 36 heavy (non-hydrogen) atoms. The molecule has 1 aliphatic rings. The van der Waals surface area contributed by atoms with Crippen LogP contribution in [0, 0.1) is 0 Å². The lowest BCUT2D eigenvalue weighted by molar-refractivity contribution is 0.231. The first-order valence-electron chi connectivity index (χ1n) is 12.0. The number of rotatable bonds is 9. The number of ether oxygens (including phenoxy) is 2. The molecule has 0 radical (unpaired) electrons. The van der Waals surface area contributed by atoms with Crippen molar-refractivity contribution in [3.05, 3.63) is 42.2 Å². The van der Waals surface area contributed by atoms with Crippen LogP contribution in [0.15, 0.2) is 36.5 Å². The summed E-state index contributed by atoms with van der Waals surface area (Å²) in [5, 5.41) is 0.679. The van der Waals surface area contributed by atoms with Crippen molar-refractivity contribution in [1.82, 2.24) is 19.3 Å². The van der Waals surface area contributed by atoms with E-state index in [9.17, 15) is 8.42 Å². The molecular weight excluding hydrogens is 480 g/mol. The lowest BCUT2D eigenvalue weighted by Crippen LogP contribution is -2.50. The summed E-state index contributed by atoms with van der Waals surface area (Å²) < 4.78 is 37.8. The predicted octanol–water partition coefficient (Wildman–Crippen LogP) is 2.83. The summed E-state index contributed by atoms with van der Waals surface area (Å²) in [5.41, 5.74) is 7.54. The molecule has 0 saturated carbocycles. The van der Waals surface area contributed by atoms with Crippen LogP contribution < -0.4 is 20.1 Å². The largest absolute Gasteiger partial charge is 0.493 e. The van der Waals surface area contributed by atoms with Gasteiger partial charge in [0.25, 0.3) is 0 Å². The predicted molar refractivity (Wildman–Crippen MR) is 141 cm³/mol. The number of sulfonamides is 1. The minimum absolute atomic E-state index is 0.169. The molecule has 0 unspecified atom stereocenters. The molecule has 3 heterocycles. The molecule has 1 saturated heterocycles. The van der Waals surface area contributed by atoms with E-state index in [-0.39, 0.29) is 11.2 Å². The van der Waals surface area contributed by atoms with Crippen LogP contribution in [0.25, 0.3) is 10.9 Å². The Labute approximate surface area is 212 Å². The van der Waals surface area contributed by atoms with Gasteiger partial charge in [-0.3, -0.25) is 4.98 Å². The maximum atomic E-state index is 12.7. The number of pyridine rings is 1. The second-order valence-corrected chi connectivity index (χ2v) is 11.3. The van der Waals surface area contributed by atoms with Crippen molar-refractivity contribution < 1.29 is 17.9 Å². The highest BCUT2D eigenvalue weighted by atomic mass is 32.2. The molecule has 1 aliphatic heterocycles. The third-order valence-corrected chi connectivity index (χ3v) is 8.92. The number of nitrogens with zero attached hydrogens (tertiary/aromatic N) is 5. The average Bonchev–Trinajstić information content (AvgIpc) is 2.88. The van der Waals surface area contributed by atoms with Gasteiger partial charge in [0, 0.05) is 55.4 Å². The molecule has 1 aromatic carbocycles. The fourth-order valence-electron chi connectivity index (χ4n) is 4.91. The fraction of sp³-hybridized carbons (Fsp3) is 0.480. The lowest BCUT2D eigenvalue weighted by atomic mass is 9.75. The van der Waals surface area contributed by atoms with E-state index < -0.39 is 10.0 Å². The summed E-state index contributed by atoms with van der Waals surface area (Å²) in [4.78, 5) is 16.0. The van der Waals surface area contributed by atoms with Crippen molar-refractivity contribution in [2.24, 2.45) is 0 Å². The lowest BCUT2D eigenvalue weighted by Gasteiger charge is -2.43. The highest BCUT2D eigenvalue weighted by molar-refractivity contribution is 7.89. The Balaban J connectivity index is 1.66. The second-order valence-electron chi connectivity index (χ2n) is 9.20. The Morgan fingerprint density at radius 2 is 1.81 bits per heavy atom. The Bertz CT molecular complexity index is 1310. The molecule has 2 N–H and O–H groups in total. The molecule has 0 bridgehead atoms. The van der Waals surface area contributed by atoms with Gasteiger partial charge in [0.2, 0.25) is 16.0 Å². The molecule has 11 heteroatoms. The maximum absolute atomic E-state index is 12.7. The number of methoxy groups -OCH3 is 2. The number of piperidine rings is 1. The zero-order valence-electron chi connectivity index (χ0n) is 21.3. The number of fused-ring (bicyclic) bond motifs is 1. The Hall–Kier alpha value is -3.18. The van der Waals surface area contributed by atoms with Crippen LogP contribution in [-0.2, 0) is 15.4 Å². The molecule has 0 amide bonds. The summed E-state index contributed by atoms with van der Waals surface area (Å²) in [6, 6.07) is 9.42. The van der Waals surface area contributed by atoms with Crippen molar-refractivity contribution in [2.45, 2.75) is 31.6 Å². The highest BCUT2D eigenvalue weighted by Gasteiger charge is 2.41. The molecule has 3 aromatic rings. The number of anilines is 2. The Morgan fingerprint density at radius 3 is 2.42 bits per heavy atom. The molecule has 0 spiro atoms. The van der Waals surface area contributed by atoms with Crippen molar-refractivity contribution in [1.29, 1.82) is 0 Å². The van der Waals surface area contributed by atoms with E-state index >= 15 is 0 Å². The van der Waals surface area contributed by atoms with Crippen LogP contribution in [-0.4, -0.2) is 74.3 Å². The molecule has 194 valence electrons. The van der Waals surface area contributed by atoms with E-state index in [1.165, 1.54) is 0 Å². The molecule has 1 fully saturated rings. The normalized spacial score (nSPS) is 16.1. The Morgan fingerprint density at radius 1 is 1.11 bits per heavy atom. The van der Waals surface area contributed by atoms with Crippen molar-refractivity contribution in [3.63, 3.8) is 0 Å². The van der Waals surface area contributed by atoms with Crippen molar-refractivity contribution >= 4 is 32.7 Å². The second kappa shape index (κ2) is 10.4. The van der Waals surface area contributed by atoms with Crippen LogP contribution in [0.3, 0.4) is 0 Å². The Kier molecular flexibility index (Phi) is 7.51. The third-order valence-electron chi connectivity index (χ3n) is 6.84. The summed E-state index contributed by atoms with van der Waals surface area (Å²) in [5.74, 6) is 2.10. The van der Waals surface area contributed by atoms with Gasteiger partial charge in [-0.1, -0.05) is 13.0 Å². The number of benzene rings is 1. The van der Waals surface area contributed by atoms with E-state index in [2.05, 4.69) is 9.97 Å². The van der Waals surface area contributed by atoms with Crippen LogP contribution in [0.4, 0.5) is 11.8 Å². The minimum atomic E-state index is -3.25. The average molecular weight is 515 g/mol. The molecular formula is C25H34N6O4S. The molecule has 0 aliphatic carbocycles. The van der Waals surface area contributed by atoms with E-state index in [0.717, 1.165) is 5.69 Å². The summed E-state index contributed by atoms with van der Waals surface area (Å²) in [7, 11) is 1.81. The fourth-order valence-corrected chi connectivity index (χ4v) is 6.43. The zero-order valence-corrected chi connectivity index (χ0v) is 22.1. The monoisotopic (exact) mass is 514 g/mol. The summed E-state index contributed by atoms with van der Waals surface area (Å²) in [6.07, 6.45) is 3.67. The zero-order chi connectivity index (χ0) is 25.9. The van der Waals surface area contributed by atoms with Gasteiger partial charge in [-0.25, -0.2) is 17.7 Å². The number of nitrogen functional groups attached to an aromatic ring is 1. The van der Waals surface area contributed by atoms with E-state index in [4.69, 9.17) is 20.2 Å². The van der Waals surface area contributed by atoms with Crippen LogP contribution >= 0.6 is 0 Å². The number of likely N-dealkylation sites (N-methyl/N-ethyl adjacent to an activating group) is 1. The van der Waals surface area contributed by atoms with E-state index in [1.807, 2.05) is 37.1 Å². The van der Waals surface area contributed by atoms with Gasteiger partial charge in [-0.05, 0) is 37.5 Å². The van der Waals surface area contributed by atoms with Crippen LogP contribution in [0.2, 0.25) is 0 Å². The standard InChI is InChI=1S/C25H34N6O4S/c1-5-14-36(32,33)31-12-9-25(10-13-31,22-8-6-7-11-27-22)17-30(2)24-28-19-16-21(35-4)20(34-3)15-18(19)23(26)29-24/h6-8,11,15-16H,5,9-10,12-14,17H2,1-4H3,(H2,26,28,29). The third kappa shape index (κ3) is 5.03. The van der Waals surface area contributed by atoms with E-state index in [1.54, 1.807) is 36.9 Å². The quantitative estimate of drug-likeness (QED) is 0.459. The number of hydrogen-bond acceptors (Lipinski definition) is 9. The van der Waals surface area contributed by atoms with Crippen LogP contribution in [0.5, 0.6) is 11.5 Å². The van der Waals surface area contributed by atoms with Gasteiger partial charge in [0.15, 0.2) is 11.5 Å². The van der Waals surface area contributed by atoms with E-state index in [0.29, 0.717) is 73.1 Å². The first kappa shape index (κ1) is 25.9. The smallest absolute Gasteiger partial charge is 0.227 e. The minimum Gasteiger partial charge on any atom is -0.493 e. The number of hydrogen-bond donors (Lipinski definition) is 1. The van der Waals surface area contributed by atoms with Gasteiger partial charge < -0.3 is 20.1 Å². The first-order valence-corrected chi connectivity index (χ1v) is 13.6. The van der Waals surface area contributed by atoms with Crippen LogP contribution in [0.1, 0.15) is 31.9 Å². The van der Waals surface area contributed by atoms with Gasteiger partial charge in [-0.2, -0.15) is 4.98 Å².